The summed E-state index contributed by atoms with van der Waals surface area (Å²) in [6, 6.07) is 16.5. The summed E-state index contributed by atoms with van der Waals surface area (Å²) in [6.45, 7) is 1.79. The highest BCUT2D eigenvalue weighted by Gasteiger charge is 2.12. The van der Waals surface area contributed by atoms with Crippen molar-refractivity contribution < 1.29 is 4.52 Å². The van der Waals surface area contributed by atoms with E-state index in [0.717, 1.165) is 16.7 Å². The smallest absolute Gasteiger partial charge is 0.258 e. The van der Waals surface area contributed by atoms with Crippen molar-refractivity contribution in [3.8, 4) is 22.6 Å². The number of hydrogen-bond acceptors (Lipinski definition) is 3. The van der Waals surface area contributed by atoms with Crippen molar-refractivity contribution in [2.45, 2.75) is 6.92 Å². The molecule has 4 heteroatoms. The van der Waals surface area contributed by atoms with Gasteiger partial charge in [0.15, 0.2) is 5.82 Å². The van der Waals surface area contributed by atoms with Crippen LogP contribution in [-0.4, -0.2) is 10.1 Å². The Kier molecular flexibility index (Phi) is 3.05. The molecule has 0 amide bonds. The highest BCUT2D eigenvalue weighted by Crippen LogP contribution is 2.31. The van der Waals surface area contributed by atoms with Crippen LogP contribution in [0.4, 0.5) is 0 Å². The Bertz CT molecular complexity index is 704. The minimum Gasteiger partial charge on any atom is -0.334 e. The first kappa shape index (κ1) is 11.9. The standard InChI is InChI=1S/C15H10ClN2O/c1-10-17-15(19-18-10)14-5-3-2-4-13(14)11-6-8-12(16)9-7-11/h2-3,5-9H,1H3. The molecule has 19 heavy (non-hydrogen) atoms. The number of rotatable bonds is 2. The van der Waals surface area contributed by atoms with E-state index in [4.69, 9.17) is 16.1 Å². The van der Waals surface area contributed by atoms with E-state index in [1.807, 2.05) is 42.5 Å². The molecule has 0 atom stereocenters. The SMILES string of the molecule is Cc1noc(-c2ccc[c]c2-c2ccc(Cl)cc2)n1. The van der Waals surface area contributed by atoms with Crippen LogP contribution in [0.1, 0.15) is 5.82 Å². The third kappa shape index (κ3) is 2.37. The molecule has 0 aliphatic heterocycles. The molecule has 3 nitrogen and oxygen atoms in total. The van der Waals surface area contributed by atoms with Gasteiger partial charge in [-0.25, -0.2) is 0 Å². The van der Waals surface area contributed by atoms with Crippen molar-refractivity contribution in [1.29, 1.82) is 0 Å². The van der Waals surface area contributed by atoms with Gasteiger partial charge in [-0.1, -0.05) is 41.0 Å². The first-order valence-corrected chi connectivity index (χ1v) is 6.19. The van der Waals surface area contributed by atoms with Crippen molar-refractivity contribution in [1.82, 2.24) is 10.1 Å². The maximum Gasteiger partial charge on any atom is 0.258 e. The fourth-order valence-electron chi connectivity index (χ4n) is 1.88. The molecule has 0 N–H and O–H groups in total. The van der Waals surface area contributed by atoms with Crippen LogP contribution >= 0.6 is 11.6 Å². The van der Waals surface area contributed by atoms with Gasteiger partial charge in [0.1, 0.15) is 0 Å². The zero-order valence-corrected chi connectivity index (χ0v) is 11.0. The van der Waals surface area contributed by atoms with Crippen LogP contribution in [0.5, 0.6) is 0 Å². The highest BCUT2D eigenvalue weighted by molar-refractivity contribution is 6.30. The van der Waals surface area contributed by atoms with Gasteiger partial charge in [0.2, 0.25) is 0 Å². The van der Waals surface area contributed by atoms with Crippen LogP contribution in [0.3, 0.4) is 0 Å². The van der Waals surface area contributed by atoms with Gasteiger partial charge in [-0.2, -0.15) is 4.98 Å². The molecule has 0 saturated carbocycles. The monoisotopic (exact) mass is 269 g/mol. The maximum atomic E-state index is 5.91. The third-order valence-corrected chi connectivity index (χ3v) is 3.00. The van der Waals surface area contributed by atoms with Gasteiger partial charge in [0, 0.05) is 16.1 Å². The van der Waals surface area contributed by atoms with Crippen molar-refractivity contribution >= 4 is 11.6 Å². The van der Waals surface area contributed by atoms with Crippen LogP contribution in [-0.2, 0) is 0 Å². The minimum absolute atomic E-state index is 0.499. The zero-order valence-electron chi connectivity index (χ0n) is 10.2. The molecular formula is C15H10ClN2O. The van der Waals surface area contributed by atoms with Crippen molar-refractivity contribution in [2.24, 2.45) is 0 Å². The van der Waals surface area contributed by atoms with E-state index in [2.05, 4.69) is 16.2 Å². The second-order valence-corrected chi connectivity index (χ2v) is 4.55. The van der Waals surface area contributed by atoms with Crippen LogP contribution in [0.2, 0.25) is 5.02 Å². The van der Waals surface area contributed by atoms with Crippen LogP contribution in [0.25, 0.3) is 22.6 Å². The molecule has 1 aromatic heterocycles. The van der Waals surface area contributed by atoms with Gasteiger partial charge in [0.05, 0.1) is 0 Å². The summed E-state index contributed by atoms with van der Waals surface area (Å²) in [4.78, 5) is 4.26. The van der Waals surface area contributed by atoms with Crippen LogP contribution in [0.15, 0.2) is 47.0 Å². The maximum absolute atomic E-state index is 5.91. The van der Waals surface area contributed by atoms with Gasteiger partial charge in [-0.15, -0.1) is 0 Å². The Hall–Kier alpha value is -2.13. The summed E-state index contributed by atoms with van der Waals surface area (Å²) in [7, 11) is 0. The Labute approximate surface area is 115 Å². The Balaban J connectivity index is 2.14. The largest absolute Gasteiger partial charge is 0.334 e. The molecule has 0 aliphatic rings. The van der Waals surface area contributed by atoms with E-state index >= 15 is 0 Å². The molecule has 3 aromatic rings. The van der Waals surface area contributed by atoms with Gasteiger partial charge >= 0.3 is 0 Å². The molecular weight excluding hydrogens is 260 g/mol. The second-order valence-electron chi connectivity index (χ2n) is 4.11. The van der Waals surface area contributed by atoms with Gasteiger partial charge < -0.3 is 4.52 Å². The summed E-state index contributed by atoms with van der Waals surface area (Å²) in [5.41, 5.74) is 2.80. The molecule has 93 valence electrons. The number of aryl methyl sites for hydroxylation is 1. The average molecular weight is 270 g/mol. The Morgan fingerprint density at radius 1 is 1.16 bits per heavy atom. The van der Waals surface area contributed by atoms with E-state index in [0.29, 0.717) is 16.7 Å². The highest BCUT2D eigenvalue weighted by atomic mass is 35.5. The lowest BCUT2D eigenvalue weighted by molar-refractivity contribution is 0.426. The summed E-state index contributed by atoms with van der Waals surface area (Å²) in [5, 5.41) is 4.52. The molecule has 0 fully saturated rings. The Morgan fingerprint density at radius 3 is 2.63 bits per heavy atom. The van der Waals surface area contributed by atoms with Gasteiger partial charge in [0.25, 0.3) is 5.89 Å². The van der Waals surface area contributed by atoms with E-state index < -0.39 is 0 Å². The predicted octanol–water partition coefficient (Wildman–Crippen LogP) is 4.17. The lowest BCUT2D eigenvalue weighted by Gasteiger charge is -2.05. The first-order valence-electron chi connectivity index (χ1n) is 5.81. The topological polar surface area (TPSA) is 38.9 Å². The average Bonchev–Trinajstić information content (AvgIpc) is 2.86. The summed E-state index contributed by atoms with van der Waals surface area (Å²) < 4.78 is 5.23. The molecule has 0 bridgehead atoms. The lowest BCUT2D eigenvalue weighted by atomic mass is 10.00. The molecule has 1 radical (unpaired) electrons. The number of hydrogen-bond donors (Lipinski definition) is 0. The molecule has 0 unspecified atom stereocenters. The molecule has 0 aliphatic carbocycles. The fraction of sp³-hybridized carbons (Fsp3) is 0.0667. The second kappa shape index (κ2) is 4.86. The quantitative estimate of drug-likeness (QED) is 0.701. The molecule has 3 rings (SSSR count). The number of nitrogens with zero attached hydrogens (tertiary/aromatic N) is 2. The lowest BCUT2D eigenvalue weighted by Crippen LogP contribution is -1.85. The predicted molar refractivity (Wildman–Crippen MR) is 73.8 cm³/mol. The van der Waals surface area contributed by atoms with Crippen LogP contribution in [0, 0.1) is 13.0 Å². The normalized spacial score (nSPS) is 10.6. The number of halogens is 1. The molecule has 0 spiro atoms. The van der Waals surface area contributed by atoms with Crippen molar-refractivity contribution in [3.63, 3.8) is 0 Å². The number of aromatic nitrogens is 2. The van der Waals surface area contributed by atoms with Crippen molar-refractivity contribution in [2.75, 3.05) is 0 Å². The Morgan fingerprint density at radius 2 is 1.95 bits per heavy atom. The van der Waals surface area contributed by atoms with Crippen LogP contribution < -0.4 is 0 Å². The summed E-state index contributed by atoms with van der Waals surface area (Å²) in [6.07, 6.45) is 0. The van der Waals surface area contributed by atoms with Gasteiger partial charge in [-0.3, -0.25) is 0 Å². The van der Waals surface area contributed by atoms with Crippen molar-refractivity contribution in [3.05, 3.63) is 59.4 Å². The van der Waals surface area contributed by atoms with E-state index in [-0.39, 0.29) is 0 Å². The molecule has 2 aromatic carbocycles. The third-order valence-electron chi connectivity index (χ3n) is 2.75. The summed E-state index contributed by atoms with van der Waals surface area (Å²) >= 11 is 5.91. The fourth-order valence-corrected chi connectivity index (χ4v) is 2.00. The van der Waals surface area contributed by atoms with E-state index in [9.17, 15) is 0 Å². The van der Waals surface area contributed by atoms with E-state index in [1.54, 1.807) is 6.92 Å². The number of benzene rings is 2. The molecule has 1 heterocycles. The van der Waals surface area contributed by atoms with Gasteiger partial charge in [-0.05, 0) is 36.8 Å². The zero-order chi connectivity index (χ0) is 13.2. The van der Waals surface area contributed by atoms with E-state index in [1.165, 1.54) is 0 Å². The molecule has 0 saturated heterocycles. The first-order chi connectivity index (χ1) is 9.24. The minimum atomic E-state index is 0.499. The summed E-state index contributed by atoms with van der Waals surface area (Å²) in [5.74, 6) is 1.11.